The van der Waals surface area contributed by atoms with E-state index in [1.807, 2.05) is 38.1 Å². The van der Waals surface area contributed by atoms with E-state index in [-0.39, 0.29) is 24.0 Å². The quantitative estimate of drug-likeness (QED) is 0.588. The van der Waals surface area contributed by atoms with Gasteiger partial charge in [0.15, 0.2) is 5.76 Å². The van der Waals surface area contributed by atoms with Crippen LogP contribution < -0.4 is 5.32 Å². The maximum atomic E-state index is 14.5. The van der Waals surface area contributed by atoms with Gasteiger partial charge in [-0.05, 0) is 37.6 Å². The van der Waals surface area contributed by atoms with Gasteiger partial charge in [-0.25, -0.2) is 9.37 Å². The standard InChI is InChI=1S/C21H18FN3O2/c1-13-16-5-3-4-6-19(16)27-20(13)21(26)24-12-15-7-8-18(17(22)11-15)25-10-9-23-14(25)2/h3-11H,12H2,1-2H3,(H,24,26). The van der Waals surface area contributed by atoms with Crippen molar-refractivity contribution in [1.82, 2.24) is 14.9 Å². The van der Waals surface area contributed by atoms with Gasteiger partial charge < -0.3 is 14.3 Å². The second kappa shape index (κ2) is 6.72. The van der Waals surface area contributed by atoms with E-state index >= 15 is 0 Å². The number of carbonyl (C=O) groups is 1. The first-order chi connectivity index (χ1) is 13.0. The number of nitrogens with zero attached hydrogens (tertiary/aromatic N) is 2. The third-order valence-electron chi connectivity index (χ3n) is 4.60. The number of carbonyl (C=O) groups excluding carboxylic acids is 1. The van der Waals surface area contributed by atoms with E-state index in [4.69, 9.17) is 4.42 Å². The molecule has 4 aromatic rings. The minimum absolute atomic E-state index is 0.204. The summed E-state index contributed by atoms with van der Waals surface area (Å²) >= 11 is 0. The van der Waals surface area contributed by atoms with E-state index in [1.54, 1.807) is 29.1 Å². The highest BCUT2D eigenvalue weighted by molar-refractivity contribution is 5.98. The summed E-state index contributed by atoms with van der Waals surface area (Å²) < 4.78 is 21.8. The van der Waals surface area contributed by atoms with Crippen LogP contribution in [-0.2, 0) is 6.54 Å². The van der Waals surface area contributed by atoms with Gasteiger partial charge in [0.25, 0.3) is 5.91 Å². The molecule has 2 heterocycles. The van der Waals surface area contributed by atoms with E-state index in [9.17, 15) is 9.18 Å². The SMILES string of the molecule is Cc1c(C(=O)NCc2ccc(-n3ccnc3C)c(F)c2)oc2ccccc12. The van der Waals surface area contributed by atoms with Gasteiger partial charge in [0.2, 0.25) is 0 Å². The van der Waals surface area contributed by atoms with Gasteiger partial charge in [-0.1, -0.05) is 24.3 Å². The van der Waals surface area contributed by atoms with E-state index in [1.165, 1.54) is 6.07 Å². The lowest BCUT2D eigenvalue weighted by atomic mass is 10.1. The summed E-state index contributed by atoms with van der Waals surface area (Å²) in [7, 11) is 0. The van der Waals surface area contributed by atoms with E-state index < -0.39 is 0 Å². The number of hydrogen-bond acceptors (Lipinski definition) is 3. The van der Waals surface area contributed by atoms with Crippen LogP contribution in [0, 0.1) is 19.7 Å². The lowest BCUT2D eigenvalue weighted by molar-refractivity contribution is 0.0924. The average Bonchev–Trinajstić information content (AvgIpc) is 3.24. The molecule has 0 saturated carbocycles. The average molecular weight is 363 g/mol. The number of benzene rings is 2. The van der Waals surface area contributed by atoms with Crippen molar-refractivity contribution < 1.29 is 13.6 Å². The van der Waals surface area contributed by atoms with Gasteiger partial charge in [0.05, 0.1) is 5.69 Å². The lowest BCUT2D eigenvalue weighted by Crippen LogP contribution is -2.23. The smallest absolute Gasteiger partial charge is 0.287 e. The van der Waals surface area contributed by atoms with Crippen LogP contribution in [0.1, 0.15) is 27.5 Å². The third-order valence-corrected chi connectivity index (χ3v) is 4.60. The molecule has 2 aromatic heterocycles. The Labute approximate surface area is 155 Å². The molecule has 5 nitrogen and oxygen atoms in total. The second-order valence-electron chi connectivity index (χ2n) is 6.37. The van der Waals surface area contributed by atoms with E-state index in [0.717, 1.165) is 10.9 Å². The highest BCUT2D eigenvalue weighted by Crippen LogP contribution is 2.25. The Kier molecular flexibility index (Phi) is 4.24. The molecule has 0 aliphatic heterocycles. The zero-order valence-corrected chi connectivity index (χ0v) is 15.0. The Balaban J connectivity index is 1.51. The highest BCUT2D eigenvalue weighted by atomic mass is 19.1. The summed E-state index contributed by atoms with van der Waals surface area (Å²) in [6.07, 6.45) is 3.33. The summed E-state index contributed by atoms with van der Waals surface area (Å²) in [6, 6.07) is 12.4. The van der Waals surface area contributed by atoms with E-state index in [0.29, 0.717) is 22.7 Å². The van der Waals surface area contributed by atoms with Gasteiger partial charge in [-0.2, -0.15) is 0 Å². The number of rotatable bonds is 4. The summed E-state index contributed by atoms with van der Waals surface area (Å²) in [5, 5.41) is 3.70. The first-order valence-corrected chi connectivity index (χ1v) is 8.59. The minimum atomic E-state index is -0.372. The zero-order chi connectivity index (χ0) is 19.0. The van der Waals surface area contributed by atoms with Crippen LogP contribution in [0.3, 0.4) is 0 Å². The van der Waals surface area contributed by atoms with Crippen LogP contribution in [0.15, 0.2) is 59.3 Å². The number of amides is 1. The molecule has 0 aliphatic rings. The number of nitrogens with one attached hydrogen (secondary N) is 1. The molecule has 0 radical (unpaired) electrons. The number of imidazole rings is 1. The Bertz CT molecular complexity index is 1140. The molecular formula is C21H18FN3O2. The fourth-order valence-corrected chi connectivity index (χ4v) is 3.14. The first kappa shape index (κ1) is 17.0. The van der Waals surface area contributed by atoms with Crippen molar-refractivity contribution >= 4 is 16.9 Å². The Morgan fingerprint density at radius 3 is 2.74 bits per heavy atom. The first-order valence-electron chi connectivity index (χ1n) is 8.59. The molecule has 0 bridgehead atoms. The monoisotopic (exact) mass is 363 g/mol. The molecule has 27 heavy (non-hydrogen) atoms. The number of furan rings is 1. The van der Waals surface area contributed by atoms with E-state index in [2.05, 4.69) is 10.3 Å². The van der Waals surface area contributed by atoms with Crippen LogP contribution in [0.4, 0.5) is 4.39 Å². The largest absolute Gasteiger partial charge is 0.451 e. The number of halogens is 1. The zero-order valence-electron chi connectivity index (χ0n) is 15.0. The van der Waals surface area contributed by atoms with Crippen LogP contribution >= 0.6 is 0 Å². The molecule has 0 fully saturated rings. The summed E-state index contributed by atoms with van der Waals surface area (Å²) in [5.41, 5.74) is 2.55. The van der Waals surface area contributed by atoms with Crippen molar-refractivity contribution in [2.75, 3.05) is 0 Å². The third kappa shape index (κ3) is 3.10. The molecule has 0 unspecified atom stereocenters. The number of hydrogen-bond donors (Lipinski definition) is 1. The highest BCUT2D eigenvalue weighted by Gasteiger charge is 2.17. The van der Waals surface area contributed by atoms with Gasteiger partial charge in [0.1, 0.15) is 17.2 Å². The topological polar surface area (TPSA) is 60.1 Å². The number of aryl methyl sites for hydroxylation is 2. The number of aromatic nitrogens is 2. The number of para-hydroxylation sites is 1. The molecule has 0 spiro atoms. The van der Waals surface area contributed by atoms with Crippen molar-refractivity contribution in [3.8, 4) is 5.69 Å². The Morgan fingerprint density at radius 1 is 1.22 bits per heavy atom. The van der Waals surface area contributed by atoms with Crippen molar-refractivity contribution in [3.63, 3.8) is 0 Å². The van der Waals surface area contributed by atoms with Gasteiger partial charge in [-0.15, -0.1) is 0 Å². The van der Waals surface area contributed by atoms with Crippen molar-refractivity contribution in [2.45, 2.75) is 20.4 Å². The molecule has 0 atom stereocenters. The number of fused-ring (bicyclic) bond motifs is 1. The fourth-order valence-electron chi connectivity index (χ4n) is 3.14. The van der Waals surface area contributed by atoms with Crippen LogP contribution in [-0.4, -0.2) is 15.5 Å². The van der Waals surface area contributed by atoms with Crippen molar-refractivity contribution in [1.29, 1.82) is 0 Å². The predicted molar refractivity (Wildman–Crippen MR) is 100 cm³/mol. The van der Waals surface area contributed by atoms with Gasteiger partial charge in [0, 0.05) is 29.9 Å². The molecule has 1 N–H and O–H groups in total. The Morgan fingerprint density at radius 2 is 2.04 bits per heavy atom. The molecule has 4 rings (SSSR count). The molecule has 2 aromatic carbocycles. The maximum Gasteiger partial charge on any atom is 0.287 e. The molecule has 0 aliphatic carbocycles. The van der Waals surface area contributed by atoms with Gasteiger partial charge >= 0.3 is 0 Å². The lowest BCUT2D eigenvalue weighted by Gasteiger charge is -2.09. The normalized spacial score (nSPS) is 11.1. The predicted octanol–water partition coefficient (Wildman–Crippen LogP) is 4.30. The summed E-state index contributed by atoms with van der Waals surface area (Å²) in [4.78, 5) is 16.6. The van der Waals surface area contributed by atoms with Gasteiger partial charge in [-0.3, -0.25) is 4.79 Å². The molecule has 136 valence electrons. The van der Waals surface area contributed by atoms with Crippen LogP contribution in [0.5, 0.6) is 0 Å². The molecule has 6 heteroatoms. The Hall–Kier alpha value is -3.41. The molecular weight excluding hydrogens is 345 g/mol. The minimum Gasteiger partial charge on any atom is -0.451 e. The summed E-state index contributed by atoms with van der Waals surface area (Å²) in [6.45, 7) is 3.86. The fraction of sp³-hybridized carbons (Fsp3) is 0.143. The second-order valence-corrected chi connectivity index (χ2v) is 6.37. The van der Waals surface area contributed by atoms with Crippen LogP contribution in [0.25, 0.3) is 16.7 Å². The summed E-state index contributed by atoms with van der Waals surface area (Å²) in [5.74, 6) is 0.291. The molecule has 0 saturated heterocycles. The van der Waals surface area contributed by atoms with Crippen LogP contribution in [0.2, 0.25) is 0 Å². The molecule has 1 amide bonds. The van der Waals surface area contributed by atoms with Crippen molar-refractivity contribution in [2.24, 2.45) is 0 Å². The van der Waals surface area contributed by atoms with Crippen molar-refractivity contribution in [3.05, 3.63) is 83.4 Å². The maximum absolute atomic E-state index is 14.5.